The molecule has 1 heterocycles. The first-order chi connectivity index (χ1) is 14.3. The third-order valence-corrected chi connectivity index (χ3v) is 5.47. The number of benzene rings is 2. The van der Waals surface area contributed by atoms with Crippen LogP contribution in [0.5, 0.6) is 5.75 Å². The van der Waals surface area contributed by atoms with Crippen molar-refractivity contribution in [1.29, 1.82) is 0 Å². The monoisotopic (exact) mass is 423 g/mol. The highest BCUT2D eigenvalue weighted by Crippen LogP contribution is 2.45. The number of nitrogens with one attached hydrogen (secondary N) is 1. The molecule has 0 unspecified atom stereocenters. The second-order valence-corrected chi connectivity index (χ2v) is 8.08. The average molecular weight is 423 g/mol. The number of amidine groups is 1. The number of ether oxygens (including phenoxy) is 1. The van der Waals surface area contributed by atoms with Crippen LogP contribution >= 0.6 is 11.8 Å². The molecule has 0 saturated carbocycles. The molecule has 1 N–H and O–H groups in total. The van der Waals surface area contributed by atoms with E-state index in [4.69, 9.17) is 4.74 Å². The molecule has 2 amide bonds. The number of esters is 1. The molecule has 1 atom stereocenters. The number of hydrogen-bond donors (Lipinski definition) is 1. The van der Waals surface area contributed by atoms with E-state index in [2.05, 4.69) is 10.4 Å². The van der Waals surface area contributed by atoms with Crippen molar-refractivity contribution in [2.24, 2.45) is 5.10 Å². The molecule has 30 heavy (non-hydrogen) atoms. The molecule has 0 fully saturated rings. The minimum atomic E-state index is -0.834. The van der Waals surface area contributed by atoms with E-state index in [1.807, 2.05) is 37.3 Å². The van der Waals surface area contributed by atoms with Crippen LogP contribution in [-0.4, -0.2) is 28.0 Å². The van der Waals surface area contributed by atoms with Gasteiger partial charge in [0.25, 0.3) is 0 Å². The molecular weight excluding hydrogens is 402 g/mol. The maximum atomic E-state index is 12.1. The standard InChI is InChI=1S/C22H21N3O4S/c1-15(26)23-21-24-25(16(2)27)22(3,30-21)18-10-12-19(13-11-18)29-20(28)14-9-17-7-5-4-6-8-17/h4-14H,1-3H3,(H,23,24,26)/b14-9+/t22-/m1/s1. The molecule has 0 bridgehead atoms. The molecule has 2 aromatic rings. The molecule has 2 aromatic carbocycles. The first-order valence-corrected chi connectivity index (χ1v) is 10.0. The maximum absolute atomic E-state index is 12.1. The second-order valence-electron chi connectivity index (χ2n) is 6.69. The Kier molecular flexibility index (Phi) is 6.37. The Hall–Kier alpha value is -3.39. The summed E-state index contributed by atoms with van der Waals surface area (Å²) in [6.07, 6.45) is 3.04. The van der Waals surface area contributed by atoms with Crippen molar-refractivity contribution in [3.05, 3.63) is 71.8 Å². The van der Waals surface area contributed by atoms with Gasteiger partial charge in [0, 0.05) is 19.9 Å². The molecule has 8 heteroatoms. The zero-order valence-corrected chi connectivity index (χ0v) is 17.6. The van der Waals surface area contributed by atoms with Gasteiger partial charge in [-0.1, -0.05) is 54.2 Å². The summed E-state index contributed by atoms with van der Waals surface area (Å²) in [4.78, 5) is 34.7. The Morgan fingerprint density at radius 2 is 1.73 bits per heavy atom. The summed E-state index contributed by atoms with van der Waals surface area (Å²) >= 11 is 1.26. The lowest BCUT2D eigenvalue weighted by Crippen LogP contribution is -2.37. The minimum Gasteiger partial charge on any atom is -0.423 e. The van der Waals surface area contributed by atoms with Crippen LogP contribution in [-0.2, 0) is 19.3 Å². The summed E-state index contributed by atoms with van der Waals surface area (Å²) in [7, 11) is 0. The topological polar surface area (TPSA) is 88.1 Å². The van der Waals surface area contributed by atoms with Crippen LogP contribution in [0, 0.1) is 0 Å². The summed E-state index contributed by atoms with van der Waals surface area (Å²) in [6.45, 7) is 4.63. The van der Waals surface area contributed by atoms with Crippen LogP contribution in [0.3, 0.4) is 0 Å². The summed E-state index contributed by atoms with van der Waals surface area (Å²) in [5, 5.41) is 8.51. The predicted octanol–water partition coefficient (Wildman–Crippen LogP) is 3.48. The van der Waals surface area contributed by atoms with Crippen molar-refractivity contribution in [3.63, 3.8) is 0 Å². The molecule has 0 saturated heterocycles. The van der Waals surface area contributed by atoms with Crippen LogP contribution < -0.4 is 10.1 Å². The predicted molar refractivity (Wildman–Crippen MR) is 116 cm³/mol. The van der Waals surface area contributed by atoms with Gasteiger partial charge in [-0.05, 0) is 36.3 Å². The van der Waals surface area contributed by atoms with Gasteiger partial charge in [-0.15, -0.1) is 5.10 Å². The normalized spacial score (nSPS) is 18.2. The SMILES string of the molecule is CC(=O)NC1=NN(C(C)=O)[C@@](C)(c2ccc(OC(=O)/C=C/c3ccccc3)cc2)S1. The maximum Gasteiger partial charge on any atom is 0.336 e. The third kappa shape index (κ3) is 4.96. The largest absolute Gasteiger partial charge is 0.423 e. The van der Waals surface area contributed by atoms with Crippen LogP contribution in [0.4, 0.5) is 0 Å². The summed E-state index contributed by atoms with van der Waals surface area (Å²) in [5.41, 5.74) is 1.67. The Morgan fingerprint density at radius 1 is 1.07 bits per heavy atom. The van der Waals surface area contributed by atoms with Gasteiger partial charge in [0.15, 0.2) is 5.17 Å². The van der Waals surface area contributed by atoms with Crippen LogP contribution in [0.2, 0.25) is 0 Å². The number of nitrogens with zero attached hydrogens (tertiary/aromatic N) is 2. The fraction of sp³-hybridized carbons (Fsp3) is 0.182. The van der Waals surface area contributed by atoms with Gasteiger partial charge >= 0.3 is 5.97 Å². The van der Waals surface area contributed by atoms with E-state index in [1.54, 1.807) is 30.3 Å². The molecule has 154 valence electrons. The van der Waals surface area contributed by atoms with E-state index < -0.39 is 10.8 Å². The van der Waals surface area contributed by atoms with Crippen LogP contribution in [0.25, 0.3) is 6.08 Å². The lowest BCUT2D eigenvalue weighted by atomic mass is 10.1. The van der Waals surface area contributed by atoms with E-state index in [0.29, 0.717) is 10.9 Å². The molecule has 0 radical (unpaired) electrons. The van der Waals surface area contributed by atoms with Crippen LogP contribution in [0.15, 0.2) is 65.8 Å². The van der Waals surface area contributed by atoms with Crippen molar-refractivity contribution >= 4 is 40.8 Å². The zero-order valence-electron chi connectivity index (χ0n) is 16.8. The number of carbonyl (C=O) groups excluding carboxylic acids is 3. The molecule has 1 aliphatic rings. The lowest BCUT2D eigenvalue weighted by molar-refractivity contribution is -0.132. The van der Waals surface area contributed by atoms with E-state index >= 15 is 0 Å². The third-order valence-electron chi connectivity index (χ3n) is 4.29. The van der Waals surface area contributed by atoms with Gasteiger partial charge < -0.3 is 10.1 Å². The molecule has 0 aliphatic carbocycles. The van der Waals surface area contributed by atoms with E-state index in [-0.39, 0.29) is 11.8 Å². The molecule has 1 aliphatic heterocycles. The molecule has 0 aromatic heterocycles. The highest BCUT2D eigenvalue weighted by Gasteiger charge is 2.43. The Bertz CT molecular complexity index is 1020. The summed E-state index contributed by atoms with van der Waals surface area (Å²) in [6, 6.07) is 16.3. The lowest BCUT2D eigenvalue weighted by Gasteiger charge is -2.31. The van der Waals surface area contributed by atoms with Crippen molar-refractivity contribution in [1.82, 2.24) is 10.3 Å². The molecular formula is C22H21N3O4S. The molecule has 0 spiro atoms. The van der Waals surface area contributed by atoms with Crippen molar-refractivity contribution < 1.29 is 19.1 Å². The summed E-state index contributed by atoms with van der Waals surface area (Å²) in [5.74, 6) is -0.633. The first kappa shape index (κ1) is 21.3. The summed E-state index contributed by atoms with van der Waals surface area (Å²) < 4.78 is 5.34. The number of amides is 2. The van der Waals surface area contributed by atoms with Crippen molar-refractivity contribution in [2.45, 2.75) is 25.6 Å². The van der Waals surface area contributed by atoms with E-state index in [9.17, 15) is 14.4 Å². The zero-order chi connectivity index (χ0) is 21.7. The van der Waals surface area contributed by atoms with Gasteiger partial charge in [-0.3, -0.25) is 9.59 Å². The Balaban J connectivity index is 1.71. The molecule has 7 nitrogen and oxygen atoms in total. The van der Waals surface area contributed by atoms with Gasteiger partial charge in [-0.2, -0.15) is 0 Å². The number of rotatable bonds is 4. The van der Waals surface area contributed by atoms with E-state index in [1.165, 1.54) is 36.7 Å². The van der Waals surface area contributed by atoms with Gasteiger partial charge in [0.05, 0.1) is 0 Å². The number of hydrogen-bond acceptors (Lipinski definition) is 6. The van der Waals surface area contributed by atoms with Gasteiger partial charge in [-0.25, -0.2) is 9.80 Å². The quantitative estimate of drug-likeness (QED) is 0.462. The van der Waals surface area contributed by atoms with E-state index in [0.717, 1.165) is 11.1 Å². The highest BCUT2D eigenvalue weighted by molar-refractivity contribution is 8.14. The fourth-order valence-corrected chi connectivity index (χ4v) is 4.11. The minimum absolute atomic E-state index is 0.257. The van der Waals surface area contributed by atoms with Gasteiger partial charge in [0.2, 0.25) is 11.8 Å². The Morgan fingerprint density at radius 3 is 2.33 bits per heavy atom. The van der Waals surface area contributed by atoms with Crippen LogP contribution in [0.1, 0.15) is 31.9 Å². The number of carbonyl (C=O) groups is 3. The highest BCUT2D eigenvalue weighted by atomic mass is 32.2. The number of hydrazone groups is 1. The number of thioether (sulfide) groups is 1. The first-order valence-electron chi connectivity index (χ1n) is 9.19. The van der Waals surface area contributed by atoms with Gasteiger partial charge in [0.1, 0.15) is 10.6 Å². The van der Waals surface area contributed by atoms with Crippen molar-refractivity contribution in [2.75, 3.05) is 0 Å². The molecule has 3 rings (SSSR count). The smallest absolute Gasteiger partial charge is 0.336 e. The Labute approximate surface area is 178 Å². The second kappa shape index (κ2) is 8.96. The fourth-order valence-electron chi connectivity index (χ4n) is 2.90. The average Bonchev–Trinajstić information content (AvgIpc) is 3.04. The van der Waals surface area contributed by atoms with Crippen molar-refractivity contribution in [3.8, 4) is 5.75 Å².